The number of hydrogen-bond acceptors (Lipinski definition) is 6. The van der Waals surface area contributed by atoms with Gasteiger partial charge in [0, 0.05) is 41.4 Å². The molecule has 1 unspecified atom stereocenters. The summed E-state index contributed by atoms with van der Waals surface area (Å²) in [7, 11) is 0. The second-order valence-electron chi connectivity index (χ2n) is 6.64. The minimum atomic E-state index is -0.659. The van der Waals surface area contributed by atoms with Gasteiger partial charge in [0.15, 0.2) is 0 Å². The Morgan fingerprint density at radius 3 is 2.67 bits per heavy atom. The molecule has 0 saturated heterocycles. The first-order valence-corrected chi connectivity index (χ1v) is 9.47. The smallest absolute Gasteiger partial charge is 0.255 e. The van der Waals surface area contributed by atoms with Crippen molar-refractivity contribution in [2.24, 2.45) is 4.99 Å². The van der Waals surface area contributed by atoms with Crippen molar-refractivity contribution in [2.75, 3.05) is 11.9 Å². The molecule has 30 heavy (non-hydrogen) atoms. The molecule has 0 spiro atoms. The summed E-state index contributed by atoms with van der Waals surface area (Å²) in [4.78, 5) is 24.9. The summed E-state index contributed by atoms with van der Waals surface area (Å²) >= 11 is 5.87. The van der Waals surface area contributed by atoms with Crippen molar-refractivity contribution in [3.8, 4) is 0 Å². The van der Waals surface area contributed by atoms with Gasteiger partial charge >= 0.3 is 0 Å². The number of aliphatic hydroxyl groups excluding tert-OH is 1. The number of rotatable bonds is 9. The summed E-state index contributed by atoms with van der Waals surface area (Å²) in [6, 6.07) is 3.45. The van der Waals surface area contributed by atoms with Gasteiger partial charge in [-0.3, -0.25) is 19.8 Å². The highest BCUT2D eigenvalue weighted by Gasteiger charge is 2.15. The molecule has 0 fully saturated rings. The largest absolute Gasteiger partial charge is 0.392 e. The van der Waals surface area contributed by atoms with Gasteiger partial charge < -0.3 is 15.7 Å². The lowest BCUT2D eigenvalue weighted by molar-refractivity contribution is 0.0924. The average Bonchev–Trinajstić information content (AvgIpc) is 2.70. The normalized spacial score (nSPS) is 12.1. The summed E-state index contributed by atoms with van der Waals surface area (Å²) in [5.74, 6) is -0.357. The molecule has 0 aliphatic heterocycles. The number of nitrogens with one attached hydrogen (secondary N) is 2. The van der Waals surface area contributed by atoms with Crippen molar-refractivity contribution < 1.29 is 9.90 Å². The molecule has 0 bridgehead atoms. The summed E-state index contributed by atoms with van der Waals surface area (Å²) in [6.45, 7) is 14.8. The number of allylic oxidation sites excluding steroid dienone is 3. The minimum Gasteiger partial charge on any atom is -0.392 e. The number of aliphatic hydroxyl groups is 1. The van der Waals surface area contributed by atoms with Crippen LogP contribution in [0.2, 0.25) is 0 Å². The van der Waals surface area contributed by atoms with Gasteiger partial charge in [-0.2, -0.15) is 0 Å². The molecule has 2 aromatic heterocycles. The van der Waals surface area contributed by atoms with Gasteiger partial charge in [-0.15, -0.1) is 0 Å². The van der Waals surface area contributed by atoms with Crippen LogP contribution >= 0.6 is 11.6 Å². The quantitative estimate of drug-likeness (QED) is 0.414. The van der Waals surface area contributed by atoms with E-state index in [9.17, 15) is 9.90 Å². The van der Waals surface area contributed by atoms with Crippen LogP contribution in [0, 0.1) is 0 Å². The monoisotopic (exact) mass is 425 g/mol. The maximum atomic E-state index is 12.5. The van der Waals surface area contributed by atoms with E-state index in [1.807, 2.05) is 6.92 Å². The standard InChI is InChI=1S/C22H24ClN5O2/c1-13(2)16-12-26-21(20(24-5)8-14(3)23)9-19(16)28-18-6-7-25-11-17(18)22(30)27-10-15(4)29/h6-9,11-12,15,29H,1,3,5,10H2,2,4H3,(H,27,30)(H,25,26,28)/b20-8-. The van der Waals surface area contributed by atoms with Crippen LogP contribution < -0.4 is 10.6 Å². The summed E-state index contributed by atoms with van der Waals surface area (Å²) in [5.41, 5.74) is 4.05. The molecular formula is C22H24ClN5O2. The van der Waals surface area contributed by atoms with E-state index in [1.54, 1.807) is 37.5 Å². The van der Waals surface area contributed by atoms with Gasteiger partial charge in [0.2, 0.25) is 0 Å². The van der Waals surface area contributed by atoms with Crippen molar-refractivity contribution in [3.63, 3.8) is 0 Å². The fourth-order valence-corrected chi connectivity index (χ4v) is 2.66. The van der Waals surface area contributed by atoms with E-state index in [0.29, 0.717) is 33.4 Å². The number of hydrogen-bond donors (Lipinski definition) is 3. The Bertz CT molecular complexity index is 1010. The first-order chi connectivity index (χ1) is 14.2. The number of pyridine rings is 2. The molecule has 8 heteroatoms. The molecule has 0 radical (unpaired) electrons. The third-order valence-corrected chi connectivity index (χ3v) is 4.09. The van der Waals surface area contributed by atoms with E-state index in [4.69, 9.17) is 11.6 Å². The Morgan fingerprint density at radius 2 is 2.07 bits per heavy atom. The number of carbonyl (C=O) groups is 1. The maximum Gasteiger partial charge on any atom is 0.255 e. The summed E-state index contributed by atoms with van der Waals surface area (Å²) in [5, 5.41) is 15.6. The van der Waals surface area contributed by atoms with E-state index in [1.165, 1.54) is 6.20 Å². The fraction of sp³-hybridized carbons (Fsp3) is 0.182. The van der Waals surface area contributed by atoms with Gasteiger partial charge in [-0.1, -0.05) is 24.8 Å². The Hall–Kier alpha value is -3.29. The predicted octanol–water partition coefficient (Wildman–Crippen LogP) is 4.16. The zero-order valence-electron chi connectivity index (χ0n) is 16.9. The van der Waals surface area contributed by atoms with Crippen molar-refractivity contribution >= 4 is 46.9 Å². The number of amides is 1. The van der Waals surface area contributed by atoms with E-state index in [-0.39, 0.29) is 12.5 Å². The third-order valence-electron chi connectivity index (χ3n) is 3.98. The third kappa shape index (κ3) is 6.10. The average molecular weight is 426 g/mol. The van der Waals surface area contributed by atoms with Crippen LogP contribution in [0.5, 0.6) is 0 Å². The molecule has 0 saturated carbocycles. The van der Waals surface area contributed by atoms with Crippen molar-refractivity contribution in [3.05, 3.63) is 71.8 Å². The number of aliphatic imine (C=N–C) groups is 1. The van der Waals surface area contributed by atoms with Crippen LogP contribution in [0.1, 0.15) is 35.5 Å². The van der Waals surface area contributed by atoms with Gasteiger partial charge in [-0.05, 0) is 44.3 Å². The Kier molecular flexibility index (Phi) is 8.03. The van der Waals surface area contributed by atoms with E-state index in [0.717, 1.165) is 11.1 Å². The van der Waals surface area contributed by atoms with Crippen LogP contribution in [0.25, 0.3) is 11.3 Å². The van der Waals surface area contributed by atoms with Crippen molar-refractivity contribution in [1.82, 2.24) is 15.3 Å². The maximum absolute atomic E-state index is 12.5. The molecule has 2 aromatic rings. The van der Waals surface area contributed by atoms with Crippen LogP contribution in [0.4, 0.5) is 11.4 Å². The molecule has 1 amide bonds. The number of aromatic nitrogens is 2. The molecule has 7 nitrogen and oxygen atoms in total. The molecule has 0 aliphatic carbocycles. The molecule has 2 rings (SSSR count). The Balaban J connectivity index is 2.48. The SMILES string of the molecule is C=N/C(=C\C(=C)Cl)c1cc(Nc2ccncc2C(=O)NCC(C)O)c(C(=C)C)cn1. The lowest BCUT2D eigenvalue weighted by atomic mass is 10.1. The minimum absolute atomic E-state index is 0.130. The van der Waals surface area contributed by atoms with Crippen molar-refractivity contribution in [2.45, 2.75) is 20.0 Å². The van der Waals surface area contributed by atoms with Gasteiger partial charge in [0.1, 0.15) is 0 Å². The number of anilines is 2. The van der Waals surface area contributed by atoms with Crippen LogP contribution in [0.3, 0.4) is 0 Å². The second-order valence-corrected chi connectivity index (χ2v) is 7.12. The molecule has 156 valence electrons. The van der Waals surface area contributed by atoms with Gasteiger partial charge in [0.25, 0.3) is 5.91 Å². The highest BCUT2D eigenvalue weighted by molar-refractivity contribution is 6.31. The zero-order chi connectivity index (χ0) is 22.3. The molecule has 0 aliphatic rings. The molecule has 2 heterocycles. The zero-order valence-corrected chi connectivity index (χ0v) is 17.7. The first kappa shape index (κ1) is 23.0. The molecule has 0 aromatic carbocycles. The predicted molar refractivity (Wildman–Crippen MR) is 123 cm³/mol. The Morgan fingerprint density at radius 1 is 1.33 bits per heavy atom. The lowest BCUT2D eigenvalue weighted by Gasteiger charge is -2.16. The highest BCUT2D eigenvalue weighted by Crippen LogP contribution is 2.30. The van der Waals surface area contributed by atoms with Crippen LogP contribution in [-0.4, -0.2) is 40.3 Å². The topological polar surface area (TPSA) is 99.5 Å². The summed E-state index contributed by atoms with van der Waals surface area (Å²) in [6.07, 6.45) is 5.58. The highest BCUT2D eigenvalue weighted by atomic mass is 35.5. The number of halogens is 1. The van der Waals surface area contributed by atoms with Gasteiger partial charge in [-0.25, -0.2) is 0 Å². The second kappa shape index (κ2) is 10.5. The van der Waals surface area contributed by atoms with Crippen molar-refractivity contribution in [1.29, 1.82) is 0 Å². The number of nitrogens with zero attached hydrogens (tertiary/aromatic N) is 3. The molecule has 1 atom stereocenters. The fourth-order valence-electron chi connectivity index (χ4n) is 2.55. The van der Waals surface area contributed by atoms with E-state index < -0.39 is 6.10 Å². The van der Waals surface area contributed by atoms with E-state index >= 15 is 0 Å². The summed E-state index contributed by atoms with van der Waals surface area (Å²) < 4.78 is 0. The van der Waals surface area contributed by atoms with Gasteiger partial charge in [0.05, 0.1) is 28.7 Å². The van der Waals surface area contributed by atoms with E-state index in [2.05, 4.69) is 45.5 Å². The molecular weight excluding hydrogens is 402 g/mol. The lowest BCUT2D eigenvalue weighted by Crippen LogP contribution is -2.31. The number of carbonyl (C=O) groups excluding carboxylic acids is 1. The van der Waals surface area contributed by atoms with Crippen LogP contribution in [0.15, 0.2) is 60.0 Å². The van der Waals surface area contributed by atoms with Crippen LogP contribution in [-0.2, 0) is 0 Å². The first-order valence-electron chi connectivity index (χ1n) is 9.09. The Labute approximate surface area is 180 Å². The molecule has 3 N–H and O–H groups in total.